The van der Waals surface area contributed by atoms with Crippen molar-refractivity contribution >= 4 is 0 Å². The van der Waals surface area contributed by atoms with Crippen molar-refractivity contribution < 1.29 is 0 Å². The van der Waals surface area contributed by atoms with Crippen LogP contribution < -0.4 is 5.73 Å². The predicted octanol–water partition coefficient (Wildman–Crippen LogP) is 3.61. The van der Waals surface area contributed by atoms with E-state index in [-0.39, 0.29) is 5.54 Å². The Morgan fingerprint density at radius 2 is 2.10 bits per heavy atom. The van der Waals surface area contributed by atoms with E-state index in [0.29, 0.717) is 5.92 Å². The minimum absolute atomic E-state index is 0.0975. The van der Waals surface area contributed by atoms with E-state index < -0.39 is 0 Å². The summed E-state index contributed by atoms with van der Waals surface area (Å²) < 4.78 is 0. The Balaban J connectivity index is 2.07. The second-order valence-electron chi connectivity index (χ2n) is 6.66. The molecule has 2 heteroatoms. The van der Waals surface area contributed by atoms with Gasteiger partial charge in [-0.3, -0.25) is 4.90 Å². The molecule has 3 atom stereocenters. The summed E-state index contributed by atoms with van der Waals surface area (Å²) >= 11 is 0. The first kappa shape index (κ1) is 14.1. The first-order valence-electron chi connectivity index (χ1n) is 8.29. The van der Waals surface area contributed by atoms with Crippen LogP contribution in [-0.2, 0) is 5.54 Å². The van der Waals surface area contributed by atoms with Crippen LogP contribution in [-0.4, -0.2) is 24.0 Å². The minimum Gasteiger partial charge on any atom is -0.328 e. The Bertz CT molecular complexity index is 470. The van der Waals surface area contributed by atoms with Crippen molar-refractivity contribution in [3.8, 4) is 0 Å². The highest BCUT2D eigenvalue weighted by molar-refractivity contribution is 5.39. The smallest absolute Gasteiger partial charge is 0.0589 e. The summed E-state index contributed by atoms with van der Waals surface area (Å²) in [5.74, 6) is 0.675. The highest BCUT2D eigenvalue weighted by Gasteiger charge is 2.45. The largest absolute Gasteiger partial charge is 0.328 e. The molecular weight excluding hydrogens is 244 g/mol. The summed E-state index contributed by atoms with van der Waals surface area (Å²) in [5, 5.41) is 0. The van der Waals surface area contributed by atoms with Gasteiger partial charge in [-0.2, -0.15) is 0 Å². The van der Waals surface area contributed by atoms with Crippen molar-refractivity contribution in [3.63, 3.8) is 0 Å². The maximum atomic E-state index is 6.35. The van der Waals surface area contributed by atoms with Gasteiger partial charge in [0, 0.05) is 12.6 Å². The van der Waals surface area contributed by atoms with Crippen molar-refractivity contribution in [2.45, 2.75) is 63.5 Å². The van der Waals surface area contributed by atoms with Crippen LogP contribution in [0.2, 0.25) is 0 Å². The zero-order valence-electron chi connectivity index (χ0n) is 12.9. The van der Waals surface area contributed by atoms with Crippen LogP contribution in [0.1, 0.15) is 63.0 Å². The monoisotopic (exact) mass is 272 g/mol. The van der Waals surface area contributed by atoms with Crippen LogP contribution in [0.25, 0.3) is 0 Å². The van der Waals surface area contributed by atoms with Crippen LogP contribution in [0.5, 0.6) is 0 Å². The van der Waals surface area contributed by atoms with Gasteiger partial charge in [-0.15, -0.1) is 0 Å². The molecule has 1 aliphatic carbocycles. The van der Waals surface area contributed by atoms with Gasteiger partial charge in [0.2, 0.25) is 0 Å². The molecule has 3 unspecified atom stereocenters. The number of benzene rings is 1. The molecule has 3 rings (SSSR count). The number of likely N-dealkylation sites (tertiary alicyclic amines) is 1. The van der Waals surface area contributed by atoms with Gasteiger partial charge in [0.05, 0.1) is 5.54 Å². The van der Waals surface area contributed by atoms with Gasteiger partial charge in [0.1, 0.15) is 0 Å². The van der Waals surface area contributed by atoms with Gasteiger partial charge in [0.15, 0.2) is 0 Å². The fourth-order valence-corrected chi connectivity index (χ4v) is 4.55. The van der Waals surface area contributed by atoms with E-state index in [4.69, 9.17) is 5.73 Å². The van der Waals surface area contributed by atoms with Crippen molar-refractivity contribution in [2.75, 3.05) is 13.1 Å². The van der Waals surface area contributed by atoms with Gasteiger partial charge in [0.25, 0.3) is 0 Å². The summed E-state index contributed by atoms with van der Waals surface area (Å²) in [6, 6.07) is 9.75. The zero-order valence-corrected chi connectivity index (χ0v) is 12.9. The van der Waals surface area contributed by atoms with E-state index in [1.54, 1.807) is 0 Å². The fraction of sp³-hybridized carbons (Fsp3) is 0.667. The third-order valence-electron chi connectivity index (χ3n) is 5.72. The molecule has 2 nitrogen and oxygen atoms in total. The standard InChI is InChI=1S/C18H28N2/c1-3-15-7-6-12-20(15)18(13-19)11-10-14(2)16-8-4-5-9-17(16)18/h4-5,8-9,14-15H,3,6-7,10-13,19H2,1-2H3. The highest BCUT2D eigenvalue weighted by atomic mass is 15.3. The average Bonchev–Trinajstić information content (AvgIpc) is 2.98. The molecule has 2 N–H and O–H groups in total. The number of hydrogen-bond donors (Lipinski definition) is 1. The number of hydrogen-bond acceptors (Lipinski definition) is 2. The molecular formula is C18H28N2. The summed E-state index contributed by atoms with van der Waals surface area (Å²) in [7, 11) is 0. The molecule has 1 heterocycles. The lowest BCUT2D eigenvalue weighted by atomic mass is 9.71. The van der Waals surface area contributed by atoms with E-state index in [0.717, 1.165) is 12.6 Å². The molecule has 0 saturated carbocycles. The molecule has 0 spiro atoms. The summed E-state index contributed by atoms with van der Waals surface area (Å²) in [6.45, 7) is 6.66. The lowest BCUT2D eigenvalue weighted by molar-refractivity contribution is 0.0563. The van der Waals surface area contributed by atoms with E-state index in [1.165, 1.54) is 49.8 Å². The van der Waals surface area contributed by atoms with Gasteiger partial charge in [-0.05, 0) is 55.7 Å². The molecule has 1 aromatic carbocycles. The van der Waals surface area contributed by atoms with Crippen LogP contribution >= 0.6 is 0 Å². The van der Waals surface area contributed by atoms with Crippen molar-refractivity contribution in [1.82, 2.24) is 4.90 Å². The Hall–Kier alpha value is -0.860. The molecule has 20 heavy (non-hydrogen) atoms. The topological polar surface area (TPSA) is 29.3 Å². The average molecular weight is 272 g/mol. The Morgan fingerprint density at radius 3 is 2.85 bits per heavy atom. The predicted molar refractivity (Wildman–Crippen MR) is 84.8 cm³/mol. The molecule has 0 aromatic heterocycles. The van der Waals surface area contributed by atoms with E-state index in [2.05, 4.69) is 43.0 Å². The first-order valence-corrected chi connectivity index (χ1v) is 8.29. The van der Waals surface area contributed by atoms with Crippen molar-refractivity contribution in [3.05, 3.63) is 35.4 Å². The van der Waals surface area contributed by atoms with Gasteiger partial charge in [-0.25, -0.2) is 0 Å². The molecule has 0 amide bonds. The third kappa shape index (κ3) is 2.01. The van der Waals surface area contributed by atoms with E-state index in [1.807, 2.05) is 0 Å². The van der Waals surface area contributed by atoms with Crippen LogP contribution in [0.4, 0.5) is 0 Å². The molecule has 1 aromatic rings. The molecule has 1 aliphatic heterocycles. The van der Waals surface area contributed by atoms with Crippen molar-refractivity contribution in [1.29, 1.82) is 0 Å². The van der Waals surface area contributed by atoms with E-state index in [9.17, 15) is 0 Å². The van der Waals surface area contributed by atoms with Gasteiger partial charge >= 0.3 is 0 Å². The molecule has 0 radical (unpaired) electrons. The summed E-state index contributed by atoms with van der Waals surface area (Å²) in [5.41, 5.74) is 9.50. The quantitative estimate of drug-likeness (QED) is 0.910. The SMILES string of the molecule is CCC1CCCN1C1(CN)CCC(C)c2ccccc21. The fourth-order valence-electron chi connectivity index (χ4n) is 4.55. The first-order chi connectivity index (χ1) is 9.73. The summed E-state index contributed by atoms with van der Waals surface area (Å²) in [6.07, 6.45) is 6.41. The number of nitrogens with two attached hydrogens (primary N) is 1. The normalized spacial score (nSPS) is 34.1. The number of rotatable bonds is 3. The highest BCUT2D eigenvalue weighted by Crippen LogP contribution is 2.47. The Labute approximate surface area is 123 Å². The lowest BCUT2D eigenvalue weighted by Crippen LogP contribution is -2.55. The minimum atomic E-state index is 0.0975. The maximum Gasteiger partial charge on any atom is 0.0589 e. The molecule has 1 saturated heterocycles. The van der Waals surface area contributed by atoms with Crippen LogP contribution in [0.15, 0.2) is 24.3 Å². The Morgan fingerprint density at radius 1 is 1.30 bits per heavy atom. The zero-order chi connectivity index (χ0) is 14.2. The molecule has 0 bridgehead atoms. The van der Waals surface area contributed by atoms with Gasteiger partial charge < -0.3 is 5.73 Å². The number of fused-ring (bicyclic) bond motifs is 1. The van der Waals surface area contributed by atoms with Crippen LogP contribution in [0.3, 0.4) is 0 Å². The van der Waals surface area contributed by atoms with Crippen molar-refractivity contribution in [2.24, 2.45) is 5.73 Å². The van der Waals surface area contributed by atoms with Crippen LogP contribution in [0, 0.1) is 0 Å². The maximum absolute atomic E-state index is 6.35. The summed E-state index contributed by atoms with van der Waals surface area (Å²) in [4.78, 5) is 2.75. The molecule has 1 fully saturated rings. The third-order valence-corrected chi connectivity index (χ3v) is 5.72. The molecule has 2 aliphatic rings. The number of nitrogens with zero attached hydrogens (tertiary/aromatic N) is 1. The second-order valence-corrected chi connectivity index (χ2v) is 6.66. The second kappa shape index (κ2) is 5.50. The van der Waals surface area contributed by atoms with E-state index >= 15 is 0 Å². The lowest BCUT2D eigenvalue weighted by Gasteiger charge is -2.49. The Kier molecular flexibility index (Phi) is 3.87. The molecule has 110 valence electrons. The van der Waals surface area contributed by atoms with Gasteiger partial charge in [-0.1, -0.05) is 38.1 Å².